The molecule has 1 N–H and O–H groups in total. The van der Waals surface area contributed by atoms with Gasteiger partial charge in [0.2, 0.25) is 0 Å². The quantitative estimate of drug-likeness (QED) is 0.794. The molecular weight excluding hydrogens is 318 g/mol. The lowest BCUT2D eigenvalue weighted by Gasteiger charge is -2.26. The summed E-state index contributed by atoms with van der Waals surface area (Å²) in [6.45, 7) is 8.50. The predicted molar refractivity (Wildman–Crippen MR) is 102 cm³/mol. The van der Waals surface area contributed by atoms with Crippen LogP contribution in [0.3, 0.4) is 0 Å². The van der Waals surface area contributed by atoms with Crippen LogP contribution in [-0.2, 0) is 0 Å². The molecule has 4 nitrogen and oxygen atoms in total. The summed E-state index contributed by atoms with van der Waals surface area (Å²) in [4.78, 5) is 14.5. The first kappa shape index (κ1) is 18.7. The van der Waals surface area contributed by atoms with Gasteiger partial charge < -0.3 is 10.2 Å². The third kappa shape index (κ3) is 5.17. The van der Waals surface area contributed by atoms with Gasteiger partial charge in [-0.2, -0.15) is 17.0 Å². The number of nitrogens with one attached hydrogen (secondary N) is 1. The average Bonchev–Trinajstić information content (AvgIpc) is 2.60. The number of benzene rings is 1. The van der Waals surface area contributed by atoms with Crippen molar-refractivity contribution in [3.8, 4) is 6.07 Å². The van der Waals surface area contributed by atoms with Gasteiger partial charge in [0.1, 0.15) is 0 Å². The Morgan fingerprint density at radius 1 is 1.38 bits per heavy atom. The molecule has 0 aromatic heterocycles. The van der Waals surface area contributed by atoms with Crippen LogP contribution in [0.5, 0.6) is 0 Å². The van der Waals surface area contributed by atoms with Gasteiger partial charge in [-0.25, -0.2) is 0 Å². The number of hydrogen-bond donors (Lipinski definition) is 1. The molecule has 2 rings (SSSR count). The summed E-state index contributed by atoms with van der Waals surface area (Å²) in [5.74, 6) is 2.20. The van der Waals surface area contributed by atoms with Crippen LogP contribution in [0, 0.1) is 23.7 Å². The molecular formula is C19H27N3OS. The van der Waals surface area contributed by atoms with Crippen LogP contribution in [0.15, 0.2) is 18.2 Å². The van der Waals surface area contributed by atoms with Gasteiger partial charge >= 0.3 is 0 Å². The Morgan fingerprint density at radius 2 is 2.08 bits per heavy atom. The first-order valence-corrected chi connectivity index (χ1v) is 9.71. The van der Waals surface area contributed by atoms with Crippen molar-refractivity contribution in [1.82, 2.24) is 4.90 Å². The average molecular weight is 346 g/mol. The monoisotopic (exact) mass is 345 g/mol. The Hall–Kier alpha value is -1.67. The fourth-order valence-corrected chi connectivity index (χ4v) is 3.66. The highest BCUT2D eigenvalue weighted by atomic mass is 32.2. The number of anilines is 1. The largest absolute Gasteiger partial charge is 0.385 e. The molecule has 5 heteroatoms. The molecule has 0 spiro atoms. The number of aryl methyl sites for hydroxylation is 1. The molecule has 24 heavy (non-hydrogen) atoms. The van der Waals surface area contributed by atoms with Crippen LogP contribution in [0.4, 0.5) is 5.69 Å². The number of carbonyl (C=O) groups excluding carboxylic acids is 1. The summed E-state index contributed by atoms with van der Waals surface area (Å²) in [5.41, 5.74) is 2.66. The zero-order chi connectivity index (χ0) is 17.6. The van der Waals surface area contributed by atoms with Crippen molar-refractivity contribution >= 4 is 23.4 Å². The van der Waals surface area contributed by atoms with E-state index in [-0.39, 0.29) is 11.3 Å². The minimum absolute atomic E-state index is 0.140. The van der Waals surface area contributed by atoms with Gasteiger partial charge in [0.25, 0.3) is 5.91 Å². The maximum absolute atomic E-state index is 12.5. The smallest absolute Gasteiger partial charge is 0.253 e. The van der Waals surface area contributed by atoms with Gasteiger partial charge in [-0.3, -0.25) is 4.79 Å². The number of rotatable bonds is 6. The van der Waals surface area contributed by atoms with E-state index >= 15 is 0 Å². The normalized spacial score (nSPS) is 15.0. The maximum atomic E-state index is 12.5. The summed E-state index contributed by atoms with van der Waals surface area (Å²) in [7, 11) is 0. The molecule has 0 saturated carbocycles. The highest BCUT2D eigenvalue weighted by molar-refractivity contribution is 7.99. The van der Waals surface area contributed by atoms with E-state index in [1.807, 2.05) is 55.6 Å². The second kappa shape index (κ2) is 8.43. The van der Waals surface area contributed by atoms with Crippen molar-refractivity contribution in [2.45, 2.75) is 33.6 Å². The number of nitrogens with zero attached hydrogens (tertiary/aromatic N) is 2. The second-order valence-electron chi connectivity index (χ2n) is 6.96. The Morgan fingerprint density at radius 3 is 2.71 bits per heavy atom. The van der Waals surface area contributed by atoms with E-state index in [1.165, 1.54) is 0 Å². The lowest BCUT2D eigenvalue weighted by atomic mass is 9.90. The summed E-state index contributed by atoms with van der Waals surface area (Å²) < 4.78 is 0. The summed E-state index contributed by atoms with van der Waals surface area (Å²) >= 11 is 1.91. The van der Waals surface area contributed by atoms with Crippen molar-refractivity contribution < 1.29 is 4.79 Å². The van der Waals surface area contributed by atoms with Crippen molar-refractivity contribution in [2.24, 2.45) is 5.41 Å². The van der Waals surface area contributed by atoms with Gasteiger partial charge in [0.05, 0.1) is 11.5 Å². The molecule has 130 valence electrons. The molecule has 1 aliphatic rings. The van der Waals surface area contributed by atoms with E-state index in [0.29, 0.717) is 0 Å². The molecule has 0 atom stereocenters. The minimum Gasteiger partial charge on any atom is -0.385 e. The molecule has 1 aromatic rings. The Labute approximate surface area is 149 Å². The summed E-state index contributed by atoms with van der Waals surface area (Å²) in [5, 5.41) is 12.5. The molecule has 1 fully saturated rings. The SMILES string of the molecule is Cc1cc(C(=O)N2CCSCC2)ccc1NCCCC(C)(C)C#N. The number of hydrogen-bond acceptors (Lipinski definition) is 4. The molecule has 1 heterocycles. The Kier molecular flexibility index (Phi) is 6.56. The highest BCUT2D eigenvalue weighted by Crippen LogP contribution is 2.22. The van der Waals surface area contributed by atoms with E-state index in [9.17, 15) is 4.79 Å². The van der Waals surface area contributed by atoms with Crippen LogP contribution in [0.2, 0.25) is 0 Å². The molecule has 0 aliphatic carbocycles. The minimum atomic E-state index is -0.264. The topological polar surface area (TPSA) is 56.1 Å². The predicted octanol–water partition coefficient (Wildman–Crippen LogP) is 3.93. The molecule has 0 unspecified atom stereocenters. The van der Waals surface area contributed by atoms with Gasteiger partial charge in [-0.05, 0) is 57.4 Å². The summed E-state index contributed by atoms with van der Waals surface area (Å²) in [6.07, 6.45) is 1.82. The van der Waals surface area contributed by atoms with Crippen LogP contribution in [0.25, 0.3) is 0 Å². The molecule has 1 aliphatic heterocycles. The van der Waals surface area contributed by atoms with Gasteiger partial charge in [-0.15, -0.1) is 0 Å². The zero-order valence-corrected chi connectivity index (χ0v) is 15.7. The van der Waals surface area contributed by atoms with Crippen LogP contribution < -0.4 is 5.32 Å². The van der Waals surface area contributed by atoms with Crippen LogP contribution >= 0.6 is 11.8 Å². The third-order valence-corrected chi connectivity index (χ3v) is 5.31. The number of amides is 1. The van der Waals surface area contributed by atoms with Gasteiger partial charge in [0, 0.05) is 42.4 Å². The molecule has 0 bridgehead atoms. The molecule has 1 aromatic carbocycles. The van der Waals surface area contributed by atoms with Crippen molar-refractivity contribution in [1.29, 1.82) is 5.26 Å². The zero-order valence-electron chi connectivity index (χ0n) is 14.9. The van der Waals surface area contributed by atoms with E-state index in [2.05, 4.69) is 11.4 Å². The Bertz CT molecular complexity index is 616. The lowest BCUT2D eigenvalue weighted by molar-refractivity contribution is 0.0772. The van der Waals surface area contributed by atoms with Crippen molar-refractivity contribution in [2.75, 3.05) is 36.5 Å². The standard InChI is InChI=1S/C19H27N3OS/c1-15-13-16(18(23)22-9-11-24-12-10-22)5-6-17(15)21-8-4-7-19(2,3)14-20/h5-6,13,21H,4,7-12H2,1-3H3. The third-order valence-electron chi connectivity index (χ3n) is 4.37. The van der Waals surface area contributed by atoms with Crippen LogP contribution in [0.1, 0.15) is 42.6 Å². The van der Waals surface area contributed by atoms with Crippen LogP contribution in [-0.4, -0.2) is 41.9 Å². The fourth-order valence-electron chi connectivity index (χ4n) is 2.75. The van der Waals surface area contributed by atoms with E-state index in [4.69, 9.17) is 5.26 Å². The first-order chi connectivity index (χ1) is 11.4. The molecule has 0 radical (unpaired) electrons. The second-order valence-corrected chi connectivity index (χ2v) is 8.19. The molecule has 1 amide bonds. The van der Waals surface area contributed by atoms with Crippen molar-refractivity contribution in [3.63, 3.8) is 0 Å². The highest BCUT2D eigenvalue weighted by Gasteiger charge is 2.19. The van der Waals surface area contributed by atoms with Gasteiger partial charge in [0.15, 0.2) is 0 Å². The van der Waals surface area contributed by atoms with Gasteiger partial charge in [-0.1, -0.05) is 0 Å². The van der Waals surface area contributed by atoms with E-state index < -0.39 is 0 Å². The Balaban J connectivity index is 1.90. The number of nitriles is 1. The first-order valence-electron chi connectivity index (χ1n) is 8.56. The lowest BCUT2D eigenvalue weighted by Crippen LogP contribution is -2.37. The number of carbonyl (C=O) groups is 1. The number of thioether (sulfide) groups is 1. The summed E-state index contributed by atoms with van der Waals surface area (Å²) in [6, 6.07) is 8.22. The maximum Gasteiger partial charge on any atom is 0.253 e. The van der Waals surface area contributed by atoms with Crippen molar-refractivity contribution in [3.05, 3.63) is 29.3 Å². The van der Waals surface area contributed by atoms with E-state index in [1.54, 1.807) is 0 Å². The molecule has 1 saturated heterocycles. The van der Waals surface area contributed by atoms with E-state index in [0.717, 1.165) is 60.8 Å². The fraction of sp³-hybridized carbons (Fsp3) is 0.579.